The third-order valence-corrected chi connectivity index (χ3v) is 8.27. The molecule has 7 nitrogen and oxygen atoms in total. The third-order valence-electron chi connectivity index (χ3n) is 6.16. The van der Waals surface area contributed by atoms with Gasteiger partial charge in [0.15, 0.2) is 0 Å². The van der Waals surface area contributed by atoms with Crippen LogP contribution in [0.25, 0.3) is 0 Å². The van der Waals surface area contributed by atoms with Gasteiger partial charge in [-0.2, -0.15) is 0 Å². The molecule has 0 spiro atoms. The molecule has 0 amide bonds. The van der Waals surface area contributed by atoms with Crippen LogP contribution >= 0.6 is 7.51 Å². The van der Waals surface area contributed by atoms with E-state index in [9.17, 15) is 10.4 Å². The summed E-state index contributed by atoms with van der Waals surface area (Å²) in [7, 11) is -0.726. The number of hydrogen-bond donors (Lipinski definition) is 0. The number of nitrogens with zero attached hydrogens (tertiary/aromatic N) is 3. The molecule has 2 heterocycles. The Labute approximate surface area is 171 Å². The van der Waals surface area contributed by atoms with Crippen molar-refractivity contribution in [1.29, 1.82) is 0 Å². The highest BCUT2D eigenvalue weighted by molar-refractivity contribution is 7.55. The number of hydrogen-bond acceptors (Lipinski definition) is 5. The SMILES string of the molecule is CN=P(C)(OC1CC(C)(C)N([O])C(C)(C)C1)OC1CC(C)(C)N([O])C(C)(C)C1. The Hall–Kier alpha value is -0.0100. The van der Waals surface area contributed by atoms with Crippen molar-refractivity contribution in [3.8, 4) is 0 Å². The molecule has 8 heteroatoms. The summed E-state index contributed by atoms with van der Waals surface area (Å²) in [4.78, 5) is 0. The quantitative estimate of drug-likeness (QED) is 0.600. The average molecular weight is 418 g/mol. The minimum absolute atomic E-state index is 0.0853. The van der Waals surface area contributed by atoms with Gasteiger partial charge in [0.05, 0.1) is 12.2 Å². The van der Waals surface area contributed by atoms with Crippen molar-refractivity contribution in [2.45, 2.75) is 115 Å². The Morgan fingerprint density at radius 1 is 0.714 bits per heavy atom. The number of piperidine rings is 2. The Morgan fingerprint density at radius 2 is 0.964 bits per heavy atom. The summed E-state index contributed by atoms with van der Waals surface area (Å²) in [5.41, 5.74) is -1.99. The zero-order valence-electron chi connectivity index (χ0n) is 19.4. The van der Waals surface area contributed by atoms with Crippen molar-refractivity contribution in [3.63, 3.8) is 0 Å². The normalized spacial score (nSPS) is 29.0. The van der Waals surface area contributed by atoms with E-state index in [1.807, 2.05) is 62.1 Å². The van der Waals surface area contributed by atoms with Crippen LogP contribution in [0, 0.1) is 0 Å². The second kappa shape index (κ2) is 7.60. The molecule has 2 rings (SSSR count). The van der Waals surface area contributed by atoms with E-state index in [-0.39, 0.29) is 12.2 Å². The van der Waals surface area contributed by atoms with Gasteiger partial charge in [-0.25, -0.2) is 0 Å². The first-order valence-electron chi connectivity index (χ1n) is 10.2. The van der Waals surface area contributed by atoms with Gasteiger partial charge in [0.2, 0.25) is 7.51 Å². The van der Waals surface area contributed by atoms with Crippen molar-refractivity contribution in [3.05, 3.63) is 0 Å². The molecule has 0 aromatic carbocycles. The molecular formula is C20H40N3O4P. The van der Waals surface area contributed by atoms with Crippen LogP contribution in [0.2, 0.25) is 0 Å². The smallest absolute Gasteiger partial charge is 0.209 e. The lowest BCUT2D eigenvalue weighted by molar-refractivity contribution is -0.299. The highest BCUT2D eigenvalue weighted by Crippen LogP contribution is 2.55. The summed E-state index contributed by atoms with van der Waals surface area (Å²) in [6, 6.07) is 0. The second-order valence-electron chi connectivity index (χ2n) is 11.1. The van der Waals surface area contributed by atoms with Gasteiger partial charge in [0, 0.05) is 35.9 Å². The van der Waals surface area contributed by atoms with E-state index in [1.165, 1.54) is 10.1 Å². The molecule has 0 N–H and O–H groups in total. The third kappa shape index (κ3) is 5.00. The van der Waals surface area contributed by atoms with Crippen LogP contribution in [0.5, 0.6) is 0 Å². The highest BCUT2D eigenvalue weighted by Gasteiger charge is 2.50. The van der Waals surface area contributed by atoms with Gasteiger partial charge in [-0.1, -0.05) is 0 Å². The molecule has 0 aromatic heterocycles. The topological polar surface area (TPSA) is 77.1 Å². The van der Waals surface area contributed by atoms with Crippen LogP contribution in [0.3, 0.4) is 0 Å². The Balaban J connectivity index is 2.16. The maximum Gasteiger partial charge on any atom is 0.209 e. The molecule has 164 valence electrons. The van der Waals surface area contributed by atoms with Crippen molar-refractivity contribution in [1.82, 2.24) is 10.1 Å². The van der Waals surface area contributed by atoms with E-state index in [0.717, 1.165) is 0 Å². The Kier molecular flexibility index (Phi) is 6.58. The van der Waals surface area contributed by atoms with Crippen molar-refractivity contribution in [2.75, 3.05) is 13.7 Å². The molecule has 0 unspecified atom stereocenters. The zero-order valence-corrected chi connectivity index (χ0v) is 20.3. The Bertz CT molecular complexity index is 549. The van der Waals surface area contributed by atoms with Crippen LogP contribution < -0.4 is 0 Å². The predicted molar refractivity (Wildman–Crippen MR) is 111 cm³/mol. The van der Waals surface area contributed by atoms with E-state index >= 15 is 0 Å². The predicted octanol–water partition coefficient (Wildman–Crippen LogP) is 5.04. The first-order chi connectivity index (χ1) is 12.4. The molecular weight excluding hydrogens is 377 g/mol. The van der Waals surface area contributed by atoms with E-state index < -0.39 is 29.7 Å². The zero-order chi connectivity index (χ0) is 21.8. The lowest BCUT2D eigenvalue weighted by Crippen LogP contribution is -2.60. The lowest BCUT2D eigenvalue weighted by Gasteiger charge is -2.51. The van der Waals surface area contributed by atoms with Gasteiger partial charge < -0.3 is 9.05 Å². The second-order valence-corrected chi connectivity index (χ2v) is 13.5. The highest BCUT2D eigenvalue weighted by atomic mass is 31.2. The Morgan fingerprint density at radius 3 is 1.18 bits per heavy atom. The summed E-state index contributed by atoms with van der Waals surface area (Å²) in [5, 5.41) is 27.6. The van der Waals surface area contributed by atoms with E-state index in [0.29, 0.717) is 25.7 Å². The summed E-state index contributed by atoms with van der Waals surface area (Å²) >= 11 is 0. The number of hydroxylamine groups is 4. The molecule has 2 radical (unpaired) electrons. The first kappa shape index (κ1) is 24.3. The van der Waals surface area contributed by atoms with Crippen LogP contribution in [0.1, 0.15) is 81.1 Å². The molecule has 0 aliphatic carbocycles. The average Bonchev–Trinajstić information content (AvgIpc) is 2.49. The molecule has 28 heavy (non-hydrogen) atoms. The van der Waals surface area contributed by atoms with Crippen LogP contribution in [0.15, 0.2) is 4.74 Å². The monoisotopic (exact) mass is 417 g/mol. The maximum absolute atomic E-state index is 12.6. The van der Waals surface area contributed by atoms with E-state index in [1.54, 1.807) is 7.05 Å². The van der Waals surface area contributed by atoms with Crippen LogP contribution in [0.4, 0.5) is 0 Å². The molecule has 0 bridgehead atoms. The molecule has 2 fully saturated rings. The fraction of sp³-hybridized carbons (Fsp3) is 1.00. The number of rotatable bonds is 4. The van der Waals surface area contributed by atoms with Crippen molar-refractivity contribution < 1.29 is 19.5 Å². The molecule has 0 atom stereocenters. The van der Waals surface area contributed by atoms with Crippen molar-refractivity contribution in [2.24, 2.45) is 4.74 Å². The van der Waals surface area contributed by atoms with E-state index in [4.69, 9.17) is 9.05 Å². The molecule has 0 aromatic rings. The largest absolute Gasteiger partial charge is 0.320 e. The van der Waals surface area contributed by atoms with Crippen molar-refractivity contribution >= 4 is 7.51 Å². The lowest BCUT2D eigenvalue weighted by atomic mass is 9.80. The minimum atomic E-state index is -2.47. The molecule has 0 saturated carbocycles. The fourth-order valence-electron chi connectivity index (χ4n) is 5.16. The van der Waals surface area contributed by atoms with Gasteiger partial charge in [-0.15, -0.1) is 20.5 Å². The standard InChI is InChI=1S/C20H40N3O4P/c1-17(2)11-15(12-18(3,4)22(17)24)26-28(10,21-9)27-16-13-19(5,6)23(25)20(7,8)14-16/h15-16H,11-14H2,1-10H3. The fourth-order valence-corrected chi connectivity index (χ4v) is 6.81. The summed E-state index contributed by atoms with van der Waals surface area (Å²) in [6.45, 7) is 17.7. The maximum atomic E-state index is 12.6. The first-order valence-corrected chi connectivity index (χ1v) is 12.3. The van der Waals surface area contributed by atoms with Gasteiger partial charge in [-0.3, -0.25) is 4.74 Å². The molecule has 2 saturated heterocycles. The van der Waals surface area contributed by atoms with Gasteiger partial charge in [0.1, 0.15) is 0 Å². The van der Waals surface area contributed by atoms with Crippen LogP contribution in [-0.2, 0) is 19.5 Å². The molecule has 2 aliphatic rings. The van der Waals surface area contributed by atoms with Crippen LogP contribution in [-0.4, -0.2) is 58.2 Å². The molecule has 2 aliphatic heterocycles. The van der Waals surface area contributed by atoms with Gasteiger partial charge in [-0.05, 0) is 81.1 Å². The van der Waals surface area contributed by atoms with E-state index in [2.05, 4.69) is 4.74 Å². The summed E-state index contributed by atoms with van der Waals surface area (Å²) in [5.74, 6) is 0. The minimum Gasteiger partial charge on any atom is -0.320 e. The summed E-state index contributed by atoms with van der Waals surface area (Å²) in [6.07, 6.45) is 2.40. The van der Waals surface area contributed by atoms with Gasteiger partial charge >= 0.3 is 0 Å². The van der Waals surface area contributed by atoms with Gasteiger partial charge in [0.25, 0.3) is 0 Å². The summed E-state index contributed by atoms with van der Waals surface area (Å²) < 4.78 is 17.5.